The molecule has 2 heteroatoms. The lowest BCUT2D eigenvalue weighted by molar-refractivity contribution is 0.941. The summed E-state index contributed by atoms with van der Waals surface area (Å²) in [4.78, 5) is 0. The number of hydrogen-bond acceptors (Lipinski definition) is 1. The zero-order chi connectivity index (χ0) is 8.10. The fourth-order valence-corrected chi connectivity index (χ4v) is 0.875. The van der Waals surface area contributed by atoms with Crippen LogP contribution in [0.2, 0.25) is 0 Å². The van der Waals surface area contributed by atoms with Crippen molar-refractivity contribution in [3.05, 3.63) is 36.7 Å². The number of hydrogen-bond donors (Lipinski definition) is 0. The molecule has 2 aromatic heterocycles. The fraction of sp³-hybridized carbons (Fsp3) is 0.222. The molecule has 2 nitrogen and oxygen atoms in total. The first-order valence-electron chi connectivity index (χ1n) is 3.85. The van der Waals surface area contributed by atoms with Gasteiger partial charge in [0.2, 0.25) is 0 Å². The SMILES string of the molecule is CC.c1cnn2cccc2c1. The molecule has 11 heavy (non-hydrogen) atoms. The second-order valence-corrected chi connectivity index (χ2v) is 1.90. The van der Waals surface area contributed by atoms with Crippen molar-refractivity contribution in [3.63, 3.8) is 0 Å². The van der Waals surface area contributed by atoms with Crippen molar-refractivity contribution in [3.8, 4) is 0 Å². The Hall–Kier alpha value is -1.31. The zero-order valence-electron chi connectivity index (χ0n) is 6.86. The Bertz CT molecular complexity index is 282. The van der Waals surface area contributed by atoms with Gasteiger partial charge in [-0.3, -0.25) is 0 Å². The van der Waals surface area contributed by atoms with Crippen molar-refractivity contribution in [1.82, 2.24) is 9.61 Å². The number of nitrogens with zero attached hydrogens (tertiary/aromatic N) is 2. The minimum absolute atomic E-state index is 1.14. The van der Waals surface area contributed by atoms with E-state index in [1.54, 1.807) is 6.20 Å². The van der Waals surface area contributed by atoms with E-state index in [0.717, 1.165) is 5.52 Å². The lowest BCUT2D eigenvalue weighted by Crippen LogP contribution is -1.84. The molecule has 0 unspecified atom stereocenters. The Kier molecular flexibility index (Phi) is 2.66. The van der Waals surface area contributed by atoms with Crippen LogP contribution in [0.15, 0.2) is 36.7 Å². The summed E-state index contributed by atoms with van der Waals surface area (Å²) in [6.07, 6.45) is 3.70. The summed E-state index contributed by atoms with van der Waals surface area (Å²) in [6.45, 7) is 4.00. The van der Waals surface area contributed by atoms with Gasteiger partial charge in [-0.1, -0.05) is 13.8 Å². The Morgan fingerprint density at radius 3 is 2.64 bits per heavy atom. The Morgan fingerprint density at radius 2 is 1.91 bits per heavy atom. The number of aromatic nitrogens is 2. The van der Waals surface area contributed by atoms with Gasteiger partial charge in [-0.2, -0.15) is 5.10 Å². The third-order valence-corrected chi connectivity index (χ3v) is 1.30. The van der Waals surface area contributed by atoms with Gasteiger partial charge in [0, 0.05) is 12.4 Å². The van der Waals surface area contributed by atoms with Gasteiger partial charge >= 0.3 is 0 Å². The summed E-state index contributed by atoms with van der Waals surface area (Å²) in [5.74, 6) is 0. The lowest BCUT2D eigenvalue weighted by atomic mass is 10.5. The quantitative estimate of drug-likeness (QED) is 0.560. The van der Waals surface area contributed by atoms with Crippen LogP contribution in [0, 0.1) is 0 Å². The molecule has 0 saturated heterocycles. The molecule has 0 saturated carbocycles. The van der Waals surface area contributed by atoms with Crippen molar-refractivity contribution in [1.29, 1.82) is 0 Å². The van der Waals surface area contributed by atoms with Crippen LogP contribution in [0.25, 0.3) is 5.52 Å². The van der Waals surface area contributed by atoms with Gasteiger partial charge in [0.25, 0.3) is 0 Å². The van der Waals surface area contributed by atoms with Crippen LogP contribution in [0.4, 0.5) is 0 Å². The highest BCUT2D eigenvalue weighted by atomic mass is 15.2. The number of fused-ring (bicyclic) bond motifs is 1. The molecule has 0 aliphatic carbocycles. The van der Waals surface area contributed by atoms with Crippen molar-refractivity contribution in [2.24, 2.45) is 0 Å². The van der Waals surface area contributed by atoms with E-state index in [9.17, 15) is 0 Å². The van der Waals surface area contributed by atoms with E-state index in [0.29, 0.717) is 0 Å². The summed E-state index contributed by atoms with van der Waals surface area (Å²) < 4.78 is 1.83. The van der Waals surface area contributed by atoms with Gasteiger partial charge < -0.3 is 0 Å². The van der Waals surface area contributed by atoms with E-state index < -0.39 is 0 Å². The average Bonchev–Trinajstić information content (AvgIpc) is 2.55. The van der Waals surface area contributed by atoms with Crippen LogP contribution < -0.4 is 0 Å². The second-order valence-electron chi connectivity index (χ2n) is 1.90. The van der Waals surface area contributed by atoms with Gasteiger partial charge in [0.15, 0.2) is 0 Å². The van der Waals surface area contributed by atoms with Crippen LogP contribution in [0.1, 0.15) is 13.8 Å². The normalized spacial score (nSPS) is 8.91. The van der Waals surface area contributed by atoms with E-state index in [1.165, 1.54) is 0 Å². The fourth-order valence-electron chi connectivity index (χ4n) is 0.875. The minimum atomic E-state index is 1.14. The lowest BCUT2D eigenvalue weighted by Gasteiger charge is -1.87. The van der Waals surface area contributed by atoms with E-state index in [4.69, 9.17) is 0 Å². The van der Waals surface area contributed by atoms with Gasteiger partial charge in [-0.05, 0) is 24.3 Å². The maximum atomic E-state index is 4.06. The monoisotopic (exact) mass is 148 g/mol. The van der Waals surface area contributed by atoms with E-state index in [-0.39, 0.29) is 0 Å². The first kappa shape index (κ1) is 7.79. The van der Waals surface area contributed by atoms with E-state index in [1.807, 2.05) is 48.8 Å². The minimum Gasteiger partial charge on any atom is -0.241 e. The second kappa shape index (κ2) is 3.76. The molecule has 0 aromatic carbocycles. The molecule has 0 radical (unpaired) electrons. The van der Waals surface area contributed by atoms with Crippen LogP contribution in [-0.4, -0.2) is 9.61 Å². The first-order chi connectivity index (χ1) is 5.47. The zero-order valence-corrected chi connectivity index (χ0v) is 6.86. The van der Waals surface area contributed by atoms with Crippen molar-refractivity contribution in [2.45, 2.75) is 13.8 Å². The molecule has 0 spiro atoms. The van der Waals surface area contributed by atoms with Crippen molar-refractivity contribution >= 4 is 5.52 Å². The predicted octanol–water partition coefficient (Wildman–Crippen LogP) is 2.36. The summed E-state index contributed by atoms with van der Waals surface area (Å²) in [7, 11) is 0. The highest BCUT2D eigenvalue weighted by Crippen LogP contribution is 1.98. The van der Waals surface area contributed by atoms with Crippen LogP contribution in [0.3, 0.4) is 0 Å². The number of rotatable bonds is 0. The third-order valence-electron chi connectivity index (χ3n) is 1.30. The summed E-state index contributed by atoms with van der Waals surface area (Å²) in [6, 6.07) is 7.94. The molecular weight excluding hydrogens is 136 g/mol. The van der Waals surface area contributed by atoms with E-state index >= 15 is 0 Å². The van der Waals surface area contributed by atoms with Crippen molar-refractivity contribution in [2.75, 3.05) is 0 Å². The standard InChI is InChI=1S/C7H6N2.C2H6/c1-3-7-4-2-6-9(7)8-5-1;1-2/h1-6H;1-2H3. The third kappa shape index (κ3) is 1.58. The Morgan fingerprint density at radius 1 is 1.18 bits per heavy atom. The molecule has 2 rings (SSSR count). The highest BCUT2D eigenvalue weighted by Gasteiger charge is 1.85. The summed E-state index contributed by atoms with van der Waals surface area (Å²) in [5.41, 5.74) is 1.14. The molecule has 58 valence electrons. The molecule has 0 aliphatic heterocycles. The van der Waals surface area contributed by atoms with E-state index in [2.05, 4.69) is 5.10 Å². The summed E-state index contributed by atoms with van der Waals surface area (Å²) >= 11 is 0. The molecule has 0 atom stereocenters. The molecule has 0 aliphatic rings. The molecule has 2 aromatic rings. The first-order valence-corrected chi connectivity index (χ1v) is 3.85. The van der Waals surface area contributed by atoms with Crippen LogP contribution in [-0.2, 0) is 0 Å². The molecule has 0 bridgehead atoms. The van der Waals surface area contributed by atoms with Crippen molar-refractivity contribution < 1.29 is 0 Å². The largest absolute Gasteiger partial charge is 0.241 e. The van der Waals surface area contributed by atoms with Crippen LogP contribution in [0.5, 0.6) is 0 Å². The predicted molar refractivity (Wildman–Crippen MR) is 46.5 cm³/mol. The summed E-state index contributed by atoms with van der Waals surface area (Å²) in [5, 5.41) is 4.06. The van der Waals surface area contributed by atoms with Gasteiger partial charge in [-0.15, -0.1) is 0 Å². The van der Waals surface area contributed by atoms with Gasteiger partial charge in [0.1, 0.15) is 0 Å². The average molecular weight is 148 g/mol. The molecular formula is C9H12N2. The Balaban J connectivity index is 0.000000281. The Labute approximate surface area is 66.5 Å². The molecule has 0 amide bonds. The van der Waals surface area contributed by atoms with Gasteiger partial charge in [-0.25, -0.2) is 4.52 Å². The molecule has 0 fully saturated rings. The highest BCUT2D eigenvalue weighted by molar-refractivity contribution is 5.44. The van der Waals surface area contributed by atoms with Gasteiger partial charge in [0.05, 0.1) is 5.52 Å². The maximum absolute atomic E-state index is 4.06. The van der Waals surface area contributed by atoms with Crippen LogP contribution >= 0.6 is 0 Å². The molecule has 0 N–H and O–H groups in total. The topological polar surface area (TPSA) is 17.3 Å². The smallest absolute Gasteiger partial charge is 0.0646 e. The maximum Gasteiger partial charge on any atom is 0.0646 e. The molecule has 2 heterocycles.